The summed E-state index contributed by atoms with van der Waals surface area (Å²) in [5.41, 5.74) is 1.92. The molecule has 0 aliphatic heterocycles. The molecule has 0 aromatic heterocycles. The quantitative estimate of drug-likeness (QED) is 0.746. The first-order valence-electron chi connectivity index (χ1n) is 4.87. The number of hydrogen-bond acceptors (Lipinski definition) is 1. The van der Waals surface area contributed by atoms with Crippen LogP contribution < -0.4 is 0 Å². The zero-order valence-corrected chi connectivity index (χ0v) is 10.4. The van der Waals surface area contributed by atoms with Crippen molar-refractivity contribution < 1.29 is 4.79 Å². The number of benzene rings is 1. The van der Waals surface area contributed by atoms with Gasteiger partial charge in [0.1, 0.15) is 0 Å². The lowest BCUT2D eigenvalue weighted by Crippen LogP contribution is -2.11. The van der Waals surface area contributed by atoms with Gasteiger partial charge >= 0.3 is 0 Å². The van der Waals surface area contributed by atoms with Crippen molar-refractivity contribution in [1.82, 2.24) is 0 Å². The van der Waals surface area contributed by atoms with E-state index >= 15 is 0 Å². The Labute approximate surface area is 93.7 Å². The van der Waals surface area contributed by atoms with Crippen LogP contribution in [0.3, 0.4) is 0 Å². The zero-order chi connectivity index (χ0) is 10.7. The molecule has 76 valence electrons. The van der Waals surface area contributed by atoms with Crippen LogP contribution in [0.5, 0.6) is 0 Å². The van der Waals surface area contributed by atoms with Crippen LogP contribution in [-0.4, -0.2) is 5.78 Å². The van der Waals surface area contributed by atoms with Crippen molar-refractivity contribution in [3.05, 3.63) is 33.8 Å². The highest BCUT2D eigenvalue weighted by molar-refractivity contribution is 9.10. The van der Waals surface area contributed by atoms with Gasteiger partial charge in [0.2, 0.25) is 0 Å². The molecule has 2 heteroatoms. The standard InChI is InChI=1S/C12H15BrO/c1-4-8(2)12(14)10-7-5-6-9(3)11(10)13/h5-8H,4H2,1-3H3. The van der Waals surface area contributed by atoms with Gasteiger partial charge in [0.15, 0.2) is 5.78 Å². The van der Waals surface area contributed by atoms with Crippen molar-refractivity contribution in [3.8, 4) is 0 Å². The van der Waals surface area contributed by atoms with E-state index in [1.54, 1.807) is 0 Å². The van der Waals surface area contributed by atoms with Gasteiger partial charge in [-0.1, -0.05) is 32.0 Å². The average Bonchev–Trinajstić information content (AvgIpc) is 2.20. The summed E-state index contributed by atoms with van der Waals surface area (Å²) < 4.78 is 0.935. The number of hydrogen-bond donors (Lipinski definition) is 0. The second kappa shape index (κ2) is 4.74. The summed E-state index contributed by atoms with van der Waals surface area (Å²) in [5, 5.41) is 0. The Hall–Kier alpha value is -0.630. The van der Waals surface area contributed by atoms with Crippen molar-refractivity contribution in [2.75, 3.05) is 0 Å². The van der Waals surface area contributed by atoms with E-state index in [4.69, 9.17) is 0 Å². The fourth-order valence-corrected chi connectivity index (χ4v) is 1.75. The lowest BCUT2D eigenvalue weighted by Gasteiger charge is -2.10. The minimum absolute atomic E-state index is 0.105. The first-order chi connectivity index (χ1) is 6.57. The van der Waals surface area contributed by atoms with Crippen LogP contribution in [0, 0.1) is 12.8 Å². The Morgan fingerprint density at radius 2 is 2.14 bits per heavy atom. The third-order valence-corrected chi connectivity index (χ3v) is 3.57. The van der Waals surface area contributed by atoms with E-state index in [0.717, 1.165) is 22.0 Å². The largest absolute Gasteiger partial charge is 0.294 e. The molecule has 0 saturated heterocycles. The summed E-state index contributed by atoms with van der Waals surface area (Å²) in [7, 11) is 0. The van der Waals surface area contributed by atoms with Gasteiger partial charge in [-0.3, -0.25) is 4.79 Å². The molecule has 1 unspecified atom stereocenters. The summed E-state index contributed by atoms with van der Waals surface area (Å²) in [5.74, 6) is 0.330. The first-order valence-corrected chi connectivity index (χ1v) is 5.66. The van der Waals surface area contributed by atoms with E-state index in [-0.39, 0.29) is 11.7 Å². The summed E-state index contributed by atoms with van der Waals surface area (Å²) in [4.78, 5) is 11.9. The van der Waals surface area contributed by atoms with Crippen LogP contribution in [0.25, 0.3) is 0 Å². The molecule has 14 heavy (non-hydrogen) atoms. The summed E-state index contributed by atoms with van der Waals surface area (Å²) in [6, 6.07) is 5.80. The molecule has 0 radical (unpaired) electrons. The minimum Gasteiger partial charge on any atom is -0.294 e. The van der Waals surface area contributed by atoms with Gasteiger partial charge in [0, 0.05) is 16.0 Å². The molecular formula is C12H15BrO. The molecule has 0 heterocycles. The number of aryl methyl sites for hydroxylation is 1. The van der Waals surface area contributed by atoms with Crippen LogP contribution in [0.15, 0.2) is 22.7 Å². The molecule has 0 saturated carbocycles. The number of carbonyl (C=O) groups excluding carboxylic acids is 1. The summed E-state index contributed by atoms with van der Waals surface area (Å²) in [6.45, 7) is 6.00. The third kappa shape index (κ3) is 2.24. The van der Waals surface area contributed by atoms with E-state index in [9.17, 15) is 4.79 Å². The number of Topliss-reactive ketones (excluding diaryl/α,β-unsaturated/α-hetero) is 1. The average molecular weight is 255 g/mol. The fraction of sp³-hybridized carbons (Fsp3) is 0.417. The van der Waals surface area contributed by atoms with Crippen LogP contribution in [0.4, 0.5) is 0 Å². The first kappa shape index (κ1) is 11.4. The molecule has 1 atom stereocenters. The zero-order valence-electron chi connectivity index (χ0n) is 8.80. The molecular weight excluding hydrogens is 240 g/mol. The van der Waals surface area contributed by atoms with E-state index in [2.05, 4.69) is 15.9 Å². The molecule has 1 nitrogen and oxygen atoms in total. The second-order valence-electron chi connectivity index (χ2n) is 3.61. The topological polar surface area (TPSA) is 17.1 Å². The van der Waals surface area contributed by atoms with Crippen LogP contribution in [-0.2, 0) is 0 Å². The molecule has 0 N–H and O–H groups in total. The normalized spacial score (nSPS) is 12.6. The van der Waals surface area contributed by atoms with Gasteiger partial charge in [-0.05, 0) is 34.8 Å². The molecule has 0 amide bonds. The van der Waals surface area contributed by atoms with Crippen molar-refractivity contribution in [2.45, 2.75) is 27.2 Å². The van der Waals surface area contributed by atoms with Crippen molar-refractivity contribution in [2.24, 2.45) is 5.92 Å². The van der Waals surface area contributed by atoms with Crippen LogP contribution in [0.2, 0.25) is 0 Å². The van der Waals surface area contributed by atoms with Gasteiger partial charge in [-0.25, -0.2) is 0 Å². The second-order valence-corrected chi connectivity index (χ2v) is 4.40. The van der Waals surface area contributed by atoms with Gasteiger partial charge in [0.25, 0.3) is 0 Å². The number of halogens is 1. The Morgan fingerprint density at radius 3 is 2.71 bits per heavy atom. The molecule has 1 aromatic carbocycles. The maximum absolute atomic E-state index is 11.9. The Bertz CT molecular complexity index is 344. The molecule has 0 spiro atoms. The molecule has 0 fully saturated rings. The number of rotatable bonds is 3. The number of ketones is 1. The minimum atomic E-state index is 0.105. The monoisotopic (exact) mass is 254 g/mol. The lowest BCUT2D eigenvalue weighted by atomic mass is 9.96. The van der Waals surface area contributed by atoms with E-state index in [0.29, 0.717) is 0 Å². The summed E-state index contributed by atoms with van der Waals surface area (Å²) >= 11 is 3.46. The third-order valence-electron chi connectivity index (χ3n) is 2.52. The van der Waals surface area contributed by atoms with E-state index in [1.807, 2.05) is 39.0 Å². The Morgan fingerprint density at radius 1 is 1.50 bits per heavy atom. The Kier molecular flexibility index (Phi) is 3.87. The predicted molar refractivity (Wildman–Crippen MR) is 62.7 cm³/mol. The van der Waals surface area contributed by atoms with Gasteiger partial charge in [0.05, 0.1) is 0 Å². The van der Waals surface area contributed by atoms with Crippen LogP contribution >= 0.6 is 15.9 Å². The smallest absolute Gasteiger partial charge is 0.166 e. The molecule has 0 bridgehead atoms. The van der Waals surface area contributed by atoms with Crippen LogP contribution in [0.1, 0.15) is 36.2 Å². The SMILES string of the molecule is CCC(C)C(=O)c1cccc(C)c1Br. The summed E-state index contributed by atoms with van der Waals surface area (Å²) in [6.07, 6.45) is 0.888. The van der Waals surface area contributed by atoms with Crippen molar-refractivity contribution >= 4 is 21.7 Å². The van der Waals surface area contributed by atoms with Gasteiger partial charge in [-0.15, -0.1) is 0 Å². The Balaban J connectivity index is 3.07. The highest BCUT2D eigenvalue weighted by atomic mass is 79.9. The highest BCUT2D eigenvalue weighted by Crippen LogP contribution is 2.24. The maximum Gasteiger partial charge on any atom is 0.166 e. The molecule has 1 aromatic rings. The van der Waals surface area contributed by atoms with E-state index < -0.39 is 0 Å². The molecule has 0 aliphatic rings. The fourth-order valence-electron chi connectivity index (χ4n) is 1.29. The lowest BCUT2D eigenvalue weighted by molar-refractivity contribution is 0.0926. The van der Waals surface area contributed by atoms with Gasteiger partial charge < -0.3 is 0 Å². The number of carbonyl (C=O) groups is 1. The molecule has 1 rings (SSSR count). The van der Waals surface area contributed by atoms with E-state index in [1.165, 1.54) is 0 Å². The van der Waals surface area contributed by atoms with Gasteiger partial charge in [-0.2, -0.15) is 0 Å². The van der Waals surface area contributed by atoms with Crippen molar-refractivity contribution in [1.29, 1.82) is 0 Å². The molecule has 0 aliphatic carbocycles. The predicted octanol–water partition coefficient (Wildman–Crippen LogP) is 3.99. The van der Waals surface area contributed by atoms with Crippen molar-refractivity contribution in [3.63, 3.8) is 0 Å². The highest BCUT2D eigenvalue weighted by Gasteiger charge is 2.16. The maximum atomic E-state index is 11.9.